The van der Waals surface area contributed by atoms with Gasteiger partial charge in [0, 0.05) is 6.54 Å². The van der Waals surface area contributed by atoms with Gasteiger partial charge in [-0.1, -0.05) is 11.6 Å². The monoisotopic (exact) mass is 241 g/mol. The fourth-order valence-electron chi connectivity index (χ4n) is 1.49. The second-order valence-corrected chi connectivity index (χ2v) is 5.00. The van der Waals surface area contributed by atoms with Gasteiger partial charge in [-0.3, -0.25) is 0 Å². The number of thiophene rings is 1. The second-order valence-electron chi connectivity index (χ2n) is 3.28. The molecule has 0 saturated carbocycles. The lowest BCUT2D eigenvalue weighted by molar-refractivity contribution is 0.796. The molecule has 0 radical (unpaired) electrons. The molecular weight excluding hydrogens is 230 g/mol. The van der Waals surface area contributed by atoms with Crippen molar-refractivity contribution in [2.45, 2.75) is 13.5 Å². The van der Waals surface area contributed by atoms with Gasteiger partial charge in [0.25, 0.3) is 0 Å². The Bertz CT molecular complexity index is 461. The van der Waals surface area contributed by atoms with E-state index in [9.17, 15) is 0 Å². The van der Waals surface area contributed by atoms with Crippen molar-refractivity contribution in [1.29, 1.82) is 0 Å². The van der Waals surface area contributed by atoms with Gasteiger partial charge in [-0.25, -0.2) is 4.98 Å². The third-order valence-corrected chi connectivity index (χ3v) is 3.30. The maximum Gasteiger partial charge on any atom is 0.103 e. The van der Waals surface area contributed by atoms with Crippen molar-refractivity contribution in [3.63, 3.8) is 0 Å². The molecule has 0 spiro atoms. The summed E-state index contributed by atoms with van der Waals surface area (Å²) < 4.78 is 0.793. The number of hydrogen-bond acceptors (Lipinski definition) is 3. The molecule has 0 fully saturated rings. The largest absolute Gasteiger partial charge is 0.344 e. The molecule has 2 aromatic rings. The number of aromatic amines is 1. The lowest BCUT2D eigenvalue weighted by atomic mass is 10.3. The van der Waals surface area contributed by atoms with E-state index in [1.165, 1.54) is 0 Å². The predicted octanol–water partition coefficient (Wildman–Crippen LogP) is 2.82. The smallest absolute Gasteiger partial charge is 0.103 e. The van der Waals surface area contributed by atoms with Crippen molar-refractivity contribution < 1.29 is 0 Å². The number of imidazole rings is 1. The van der Waals surface area contributed by atoms with Crippen molar-refractivity contribution in [3.8, 4) is 10.6 Å². The van der Waals surface area contributed by atoms with Gasteiger partial charge in [0.15, 0.2) is 0 Å². The van der Waals surface area contributed by atoms with E-state index in [1.807, 2.05) is 26.1 Å². The SMILES string of the molecule is CNCc1[nH]c(C)nc1-c1ccc(Cl)s1. The normalized spacial score (nSPS) is 10.9. The lowest BCUT2D eigenvalue weighted by Gasteiger charge is -1.98. The Morgan fingerprint density at radius 2 is 2.33 bits per heavy atom. The fourth-order valence-corrected chi connectivity index (χ4v) is 2.55. The first-order chi connectivity index (χ1) is 7.20. The van der Waals surface area contributed by atoms with E-state index in [0.29, 0.717) is 0 Å². The third-order valence-electron chi connectivity index (χ3n) is 2.06. The number of H-pyrrole nitrogens is 1. The first-order valence-electron chi connectivity index (χ1n) is 4.66. The number of hydrogen-bond donors (Lipinski definition) is 2. The topological polar surface area (TPSA) is 40.7 Å². The van der Waals surface area contributed by atoms with E-state index in [1.54, 1.807) is 11.3 Å². The van der Waals surface area contributed by atoms with Crippen molar-refractivity contribution in [1.82, 2.24) is 15.3 Å². The highest BCUT2D eigenvalue weighted by molar-refractivity contribution is 7.19. The quantitative estimate of drug-likeness (QED) is 0.868. The molecule has 0 aliphatic carbocycles. The van der Waals surface area contributed by atoms with Crippen LogP contribution >= 0.6 is 22.9 Å². The summed E-state index contributed by atoms with van der Waals surface area (Å²) in [6.07, 6.45) is 0. The van der Waals surface area contributed by atoms with Crippen LogP contribution in [-0.2, 0) is 6.54 Å². The van der Waals surface area contributed by atoms with Gasteiger partial charge in [-0.05, 0) is 26.1 Å². The Hall–Kier alpha value is -0.840. The van der Waals surface area contributed by atoms with E-state index < -0.39 is 0 Å². The highest BCUT2D eigenvalue weighted by Crippen LogP contribution is 2.31. The molecule has 2 rings (SSSR count). The molecule has 0 unspecified atom stereocenters. The van der Waals surface area contributed by atoms with Crippen molar-refractivity contribution >= 4 is 22.9 Å². The van der Waals surface area contributed by atoms with E-state index in [-0.39, 0.29) is 0 Å². The first kappa shape index (κ1) is 10.7. The number of halogens is 1. The minimum absolute atomic E-state index is 0.783. The van der Waals surface area contributed by atoms with E-state index in [4.69, 9.17) is 11.6 Å². The maximum atomic E-state index is 5.91. The Labute approximate surface area is 97.5 Å². The summed E-state index contributed by atoms with van der Waals surface area (Å²) >= 11 is 7.46. The summed E-state index contributed by atoms with van der Waals surface area (Å²) in [5, 5.41) is 3.11. The van der Waals surface area contributed by atoms with Crippen LogP contribution in [0.2, 0.25) is 4.34 Å². The first-order valence-corrected chi connectivity index (χ1v) is 5.86. The Morgan fingerprint density at radius 3 is 2.93 bits per heavy atom. The van der Waals surface area contributed by atoms with Crippen LogP contribution < -0.4 is 5.32 Å². The Balaban J connectivity index is 2.42. The summed E-state index contributed by atoms with van der Waals surface area (Å²) in [5.41, 5.74) is 2.10. The highest BCUT2D eigenvalue weighted by atomic mass is 35.5. The van der Waals surface area contributed by atoms with E-state index in [2.05, 4.69) is 15.3 Å². The minimum atomic E-state index is 0.783. The molecule has 5 heteroatoms. The molecule has 0 aliphatic heterocycles. The molecule has 0 amide bonds. The average Bonchev–Trinajstić information content (AvgIpc) is 2.73. The molecular formula is C10H12ClN3S. The van der Waals surface area contributed by atoms with Crippen molar-refractivity contribution in [3.05, 3.63) is 28.0 Å². The fraction of sp³-hybridized carbons (Fsp3) is 0.300. The third kappa shape index (κ3) is 2.22. The summed E-state index contributed by atoms with van der Waals surface area (Å²) in [7, 11) is 1.92. The van der Waals surface area contributed by atoms with Gasteiger partial charge in [-0.2, -0.15) is 0 Å². The molecule has 0 aromatic carbocycles. The molecule has 15 heavy (non-hydrogen) atoms. The summed E-state index contributed by atoms with van der Waals surface area (Å²) in [4.78, 5) is 8.82. The van der Waals surface area contributed by atoms with Crippen LogP contribution in [0.4, 0.5) is 0 Å². The summed E-state index contributed by atoms with van der Waals surface area (Å²) in [6, 6.07) is 3.90. The average molecular weight is 242 g/mol. The predicted molar refractivity (Wildman–Crippen MR) is 64.4 cm³/mol. The van der Waals surface area contributed by atoms with Crippen LogP contribution in [0.3, 0.4) is 0 Å². The molecule has 0 saturated heterocycles. The van der Waals surface area contributed by atoms with Gasteiger partial charge < -0.3 is 10.3 Å². The van der Waals surface area contributed by atoms with E-state index in [0.717, 1.165) is 33.0 Å². The van der Waals surface area contributed by atoms with Crippen LogP contribution in [0.15, 0.2) is 12.1 Å². The lowest BCUT2D eigenvalue weighted by Crippen LogP contribution is -2.06. The molecule has 2 aromatic heterocycles. The van der Waals surface area contributed by atoms with Gasteiger partial charge in [0.1, 0.15) is 11.5 Å². The zero-order chi connectivity index (χ0) is 10.8. The molecule has 2 N–H and O–H groups in total. The van der Waals surface area contributed by atoms with Crippen molar-refractivity contribution in [2.75, 3.05) is 7.05 Å². The molecule has 0 bridgehead atoms. The maximum absolute atomic E-state index is 5.91. The second kappa shape index (κ2) is 4.35. The summed E-state index contributed by atoms with van der Waals surface area (Å²) in [5.74, 6) is 0.930. The van der Waals surface area contributed by atoms with Crippen LogP contribution in [0.25, 0.3) is 10.6 Å². The van der Waals surface area contributed by atoms with Crippen molar-refractivity contribution in [2.24, 2.45) is 0 Å². The zero-order valence-corrected chi connectivity index (χ0v) is 10.2. The number of nitrogens with zero attached hydrogens (tertiary/aromatic N) is 1. The van der Waals surface area contributed by atoms with E-state index >= 15 is 0 Å². The van der Waals surface area contributed by atoms with Crippen LogP contribution in [-0.4, -0.2) is 17.0 Å². The van der Waals surface area contributed by atoms with Gasteiger partial charge in [0.05, 0.1) is 14.9 Å². The minimum Gasteiger partial charge on any atom is -0.344 e. The standard InChI is InChI=1S/C10H12ClN3S/c1-6-13-7(5-12-2)10(14-6)8-3-4-9(11)15-8/h3-4,12H,5H2,1-2H3,(H,13,14). The summed E-state index contributed by atoms with van der Waals surface area (Å²) in [6.45, 7) is 2.74. The highest BCUT2D eigenvalue weighted by Gasteiger charge is 2.11. The van der Waals surface area contributed by atoms with Crippen LogP contribution in [0.1, 0.15) is 11.5 Å². The van der Waals surface area contributed by atoms with Gasteiger partial charge in [-0.15, -0.1) is 11.3 Å². The Kier molecular flexibility index (Phi) is 3.09. The van der Waals surface area contributed by atoms with Crippen LogP contribution in [0, 0.1) is 6.92 Å². The molecule has 80 valence electrons. The number of nitrogens with one attached hydrogen (secondary N) is 2. The Morgan fingerprint density at radius 1 is 1.53 bits per heavy atom. The van der Waals surface area contributed by atoms with Crippen LogP contribution in [0.5, 0.6) is 0 Å². The number of aryl methyl sites for hydroxylation is 1. The van der Waals surface area contributed by atoms with Gasteiger partial charge in [0.2, 0.25) is 0 Å². The molecule has 0 atom stereocenters. The van der Waals surface area contributed by atoms with Gasteiger partial charge >= 0.3 is 0 Å². The molecule has 3 nitrogen and oxygen atoms in total. The number of aromatic nitrogens is 2. The number of rotatable bonds is 3. The molecule has 0 aliphatic rings. The zero-order valence-electron chi connectivity index (χ0n) is 8.60. The molecule has 2 heterocycles.